The number of carbonyl (C=O) groups excluding carboxylic acids is 2. The van der Waals surface area contributed by atoms with Crippen molar-refractivity contribution in [1.29, 1.82) is 0 Å². The van der Waals surface area contributed by atoms with E-state index in [1.54, 1.807) is 36.3 Å². The van der Waals surface area contributed by atoms with E-state index in [0.29, 0.717) is 49.8 Å². The summed E-state index contributed by atoms with van der Waals surface area (Å²) in [4.78, 5) is 39.2. The third-order valence-corrected chi connectivity index (χ3v) is 5.37. The second kappa shape index (κ2) is 10.1. The highest BCUT2D eigenvalue weighted by molar-refractivity contribution is 5.71. The van der Waals surface area contributed by atoms with Crippen molar-refractivity contribution in [1.82, 2.24) is 9.80 Å². The highest BCUT2D eigenvalue weighted by atomic mass is 16.5. The van der Waals surface area contributed by atoms with Gasteiger partial charge in [0.1, 0.15) is 11.5 Å². The molecule has 0 aliphatic carbocycles. The lowest BCUT2D eigenvalue weighted by Crippen LogP contribution is -2.45. The van der Waals surface area contributed by atoms with Gasteiger partial charge in [-0.3, -0.25) is 19.3 Å². The molecule has 0 radical (unpaired) electrons. The number of methoxy groups -OCH3 is 2. The highest BCUT2D eigenvalue weighted by Gasteiger charge is 2.27. The normalized spacial score (nSPS) is 15.4. The molecule has 0 unspecified atom stereocenters. The van der Waals surface area contributed by atoms with E-state index in [9.17, 15) is 19.5 Å². The molecule has 1 aromatic carbocycles. The Morgan fingerprint density at radius 2 is 1.87 bits per heavy atom. The molecule has 0 saturated carbocycles. The van der Waals surface area contributed by atoms with Crippen molar-refractivity contribution in [3.8, 4) is 11.5 Å². The van der Waals surface area contributed by atoms with Crippen LogP contribution < -0.4 is 10.2 Å². The van der Waals surface area contributed by atoms with Crippen LogP contribution in [0.2, 0.25) is 0 Å². The fourth-order valence-electron chi connectivity index (χ4n) is 3.56. The maximum atomic E-state index is 12.5. The molecule has 1 amide bonds. The Morgan fingerprint density at radius 1 is 1.19 bits per heavy atom. The number of ether oxygens (including phenoxy) is 2. The van der Waals surface area contributed by atoms with Crippen molar-refractivity contribution in [3.63, 3.8) is 0 Å². The Bertz CT molecular complexity index is 963. The van der Waals surface area contributed by atoms with Crippen LogP contribution >= 0.6 is 0 Å². The van der Waals surface area contributed by atoms with Gasteiger partial charge in [0, 0.05) is 32.2 Å². The van der Waals surface area contributed by atoms with Gasteiger partial charge in [0.05, 0.1) is 33.1 Å². The van der Waals surface area contributed by atoms with Crippen LogP contribution in [0.15, 0.2) is 39.5 Å². The third kappa shape index (κ3) is 5.43. The van der Waals surface area contributed by atoms with E-state index in [4.69, 9.17) is 13.9 Å². The van der Waals surface area contributed by atoms with Gasteiger partial charge in [-0.2, -0.15) is 0 Å². The predicted octanol–water partition coefficient (Wildman–Crippen LogP) is 1.32. The molecule has 1 aliphatic heterocycles. The van der Waals surface area contributed by atoms with Crippen LogP contribution in [-0.4, -0.2) is 67.7 Å². The number of carbonyl (C=O) groups is 2. The molecule has 1 aromatic heterocycles. The van der Waals surface area contributed by atoms with E-state index in [1.807, 2.05) is 0 Å². The van der Waals surface area contributed by atoms with Crippen LogP contribution in [0, 0.1) is 0 Å². The van der Waals surface area contributed by atoms with Crippen molar-refractivity contribution >= 4 is 12.4 Å². The average molecular weight is 430 g/mol. The molecular formula is C22H26N2O7. The maximum Gasteiger partial charge on any atom is 0.306 e. The predicted molar refractivity (Wildman–Crippen MR) is 111 cm³/mol. The van der Waals surface area contributed by atoms with Gasteiger partial charge in [0.25, 0.3) is 0 Å². The summed E-state index contributed by atoms with van der Waals surface area (Å²) >= 11 is 0. The summed E-state index contributed by atoms with van der Waals surface area (Å²) in [6, 6.07) is 8.21. The molecular weight excluding hydrogens is 404 g/mol. The molecule has 1 aliphatic rings. The minimum atomic E-state index is -0.710. The topological polar surface area (TPSA) is 110 Å². The zero-order valence-corrected chi connectivity index (χ0v) is 17.6. The molecule has 2 heterocycles. The summed E-state index contributed by atoms with van der Waals surface area (Å²) in [6.45, 7) is 2.82. The van der Waals surface area contributed by atoms with Crippen LogP contribution in [-0.2, 0) is 20.9 Å². The first kappa shape index (κ1) is 22.4. The maximum absolute atomic E-state index is 12.5. The smallest absolute Gasteiger partial charge is 0.306 e. The van der Waals surface area contributed by atoms with Crippen molar-refractivity contribution in [3.05, 3.63) is 57.6 Å². The monoisotopic (exact) mass is 430 g/mol. The number of benzene rings is 1. The van der Waals surface area contributed by atoms with E-state index in [1.165, 1.54) is 13.2 Å². The van der Waals surface area contributed by atoms with Crippen LogP contribution in [0.3, 0.4) is 0 Å². The number of piperazine rings is 1. The van der Waals surface area contributed by atoms with E-state index < -0.39 is 23.1 Å². The summed E-state index contributed by atoms with van der Waals surface area (Å²) in [6.07, 6.45) is 0.711. The molecule has 1 atom stereocenters. The average Bonchev–Trinajstić information content (AvgIpc) is 2.80. The van der Waals surface area contributed by atoms with Crippen molar-refractivity contribution in [2.24, 2.45) is 0 Å². The molecule has 9 nitrogen and oxygen atoms in total. The Balaban J connectivity index is 1.92. The zero-order chi connectivity index (χ0) is 22.4. The Kier molecular flexibility index (Phi) is 7.30. The van der Waals surface area contributed by atoms with Crippen LogP contribution in [0.1, 0.15) is 29.4 Å². The lowest BCUT2D eigenvalue weighted by molar-refractivity contribution is -0.141. The fraction of sp³-hybridized carbons (Fsp3) is 0.409. The molecule has 31 heavy (non-hydrogen) atoms. The van der Waals surface area contributed by atoms with E-state index in [-0.39, 0.29) is 12.2 Å². The SMILES string of the molecule is COC(=O)C[C@@H](c1ccc(OC)cc1)c1oc(CN2CCN(C=O)CC2)cc(=O)c1O. The van der Waals surface area contributed by atoms with E-state index in [2.05, 4.69) is 4.90 Å². The van der Waals surface area contributed by atoms with Crippen LogP contribution in [0.5, 0.6) is 11.5 Å². The first-order valence-electron chi connectivity index (χ1n) is 9.93. The molecule has 9 heteroatoms. The molecule has 166 valence electrons. The number of nitrogens with zero attached hydrogens (tertiary/aromatic N) is 2. The van der Waals surface area contributed by atoms with Crippen LogP contribution in [0.25, 0.3) is 0 Å². The minimum Gasteiger partial charge on any atom is -0.502 e. The van der Waals surface area contributed by atoms with E-state index >= 15 is 0 Å². The fourth-order valence-corrected chi connectivity index (χ4v) is 3.56. The van der Waals surface area contributed by atoms with Gasteiger partial charge >= 0.3 is 5.97 Å². The summed E-state index contributed by atoms with van der Waals surface area (Å²) in [5.74, 6) is -0.713. The second-order valence-electron chi connectivity index (χ2n) is 7.31. The second-order valence-corrected chi connectivity index (χ2v) is 7.31. The third-order valence-electron chi connectivity index (χ3n) is 5.37. The van der Waals surface area contributed by atoms with Crippen LogP contribution in [0.4, 0.5) is 0 Å². The van der Waals surface area contributed by atoms with Crippen molar-refractivity contribution < 1.29 is 28.6 Å². The largest absolute Gasteiger partial charge is 0.502 e. The summed E-state index contributed by atoms with van der Waals surface area (Å²) in [7, 11) is 2.82. The van der Waals surface area contributed by atoms with Gasteiger partial charge in [-0.1, -0.05) is 12.1 Å². The molecule has 1 saturated heterocycles. The van der Waals surface area contributed by atoms with E-state index in [0.717, 1.165) is 6.41 Å². The van der Waals surface area contributed by atoms with Gasteiger partial charge in [0.15, 0.2) is 5.76 Å². The van der Waals surface area contributed by atoms with Crippen molar-refractivity contribution in [2.75, 3.05) is 40.4 Å². The number of hydrogen-bond donors (Lipinski definition) is 1. The highest BCUT2D eigenvalue weighted by Crippen LogP contribution is 2.34. The molecule has 1 N–H and O–H groups in total. The first-order valence-corrected chi connectivity index (χ1v) is 9.93. The van der Waals surface area contributed by atoms with Gasteiger partial charge in [-0.05, 0) is 17.7 Å². The molecule has 0 spiro atoms. The van der Waals surface area contributed by atoms with Gasteiger partial charge in [0.2, 0.25) is 17.6 Å². The molecule has 1 fully saturated rings. The number of rotatable bonds is 8. The number of esters is 1. The number of aromatic hydroxyl groups is 1. The molecule has 2 aromatic rings. The quantitative estimate of drug-likeness (QED) is 0.493. The van der Waals surface area contributed by atoms with Gasteiger partial charge in [-0.15, -0.1) is 0 Å². The Morgan fingerprint density at radius 3 is 2.45 bits per heavy atom. The van der Waals surface area contributed by atoms with Gasteiger partial charge < -0.3 is 23.9 Å². The Hall–Kier alpha value is -3.33. The summed E-state index contributed by atoms with van der Waals surface area (Å²) < 4.78 is 15.9. The zero-order valence-electron chi connectivity index (χ0n) is 17.6. The Labute approximate surface area is 179 Å². The van der Waals surface area contributed by atoms with Crippen molar-refractivity contribution in [2.45, 2.75) is 18.9 Å². The molecule has 3 rings (SSSR count). The number of amides is 1. The first-order chi connectivity index (χ1) is 14.9. The summed E-state index contributed by atoms with van der Waals surface area (Å²) in [5.41, 5.74) is 0.0903. The molecule has 0 bridgehead atoms. The lowest BCUT2D eigenvalue weighted by Gasteiger charge is -2.32. The van der Waals surface area contributed by atoms with Gasteiger partial charge in [-0.25, -0.2) is 0 Å². The minimum absolute atomic E-state index is 0.0181. The lowest BCUT2D eigenvalue weighted by atomic mass is 9.92. The summed E-state index contributed by atoms with van der Waals surface area (Å²) in [5, 5.41) is 10.5. The number of hydrogen-bond acceptors (Lipinski definition) is 8. The standard InChI is InChI=1S/C22H26N2O7/c1-29-16-5-3-15(4-6-16)18(12-20(27)30-2)22-21(28)19(26)11-17(31-22)13-23-7-9-24(14-25)10-8-23/h3-6,11,14,18,28H,7-10,12-13H2,1-2H3/t18-/m0/s1.